The summed E-state index contributed by atoms with van der Waals surface area (Å²) in [7, 11) is 0. The molecule has 1 fully saturated rings. The lowest BCUT2D eigenvalue weighted by atomic mass is 9.70. The fourth-order valence-electron chi connectivity index (χ4n) is 4.11. The molecule has 1 aromatic heterocycles. The van der Waals surface area contributed by atoms with Gasteiger partial charge in [-0.3, -0.25) is 0 Å². The molecule has 0 saturated heterocycles. The van der Waals surface area contributed by atoms with Crippen LogP contribution in [0, 0.1) is 18.3 Å². The SMILES string of the molecule is CCNC(c1cc(Br)sc1C)C1(CC(C)C)CCCC1. The molecule has 0 aromatic carbocycles. The Hall–Kier alpha value is 0.140. The van der Waals surface area contributed by atoms with Crippen LogP contribution >= 0.6 is 27.3 Å². The summed E-state index contributed by atoms with van der Waals surface area (Å²) in [6.45, 7) is 10.3. The molecular formula is C17H28BrNS. The number of nitrogens with one attached hydrogen (secondary N) is 1. The van der Waals surface area contributed by atoms with Crippen LogP contribution in [-0.2, 0) is 0 Å². The van der Waals surface area contributed by atoms with Crippen LogP contribution in [0.15, 0.2) is 9.85 Å². The second kappa shape index (κ2) is 6.93. The fourth-order valence-corrected chi connectivity index (χ4v) is 5.86. The van der Waals surface area contributed by atoms with Crippen molar-refractivity contribution in [1.82, 2.24) is 5.32 Å². The van der Waals surface area contributed by atoms with Crippen LogP contribution in [0.2, 0.25) is 0 Å². The number of thiophene rings is 1. The van der Waals surface area contributed by atoms with Gasteiger partial charge < -0.3 is 5.32 Å². The molecule has 3 heteroatoms. The second-order valence-corrected chi connectivity index (χ2v) is 9.36. The van der Waals surface area contributed by atoms with E-state index in [1.165, 1.54) is 46.3 Å². The highest BCUT2D eigenvalue weighted by molar-refractivity contribution is 9.11. The third-order valence-electron chi connectivity index (χ3n) is 4.67. The van der Waals surface area contributed by atoms with Crippen molar-refractivity contribution in [3.8, 4) is 0 Å². The van der Waals surface area contributed by atoms with Gasteiger partial charge >= 0.3 is 0 Å². The van der Waals surface area contributed by atoms with Crippen LogP contribution in [0.1, 0.15) is 69.4 Å². The van der Waals surface area contributed by atoms with Gasteiger partial charge in [-0.15, -0.1) is 11.3 Å². The molecule has 0 aliphatic heterocycles. The number of rotatable bonds is 6. The zero-order chi connectivity index (χ0) is 14.8. The van der Waals surface area contributed by atoms with E-state index >= 15 is 0 Å². The largest absolute Gasteiger partial charge is 0.310 e. The molecule has 20 heavy (non-hydrogen) atoms. The van der Waals surface area contributed by atoms with Crippen LogP contribution in [-0.4, -0.2) is 6.54 Å². The van der Waals surface area contributed by atoms with Gasteiger partial charge in [-0.2, -0.15) is 0 Å². The van der Waals surface area contributed by atoms with E-state index in [-0.39, 0.29) is 0 Å². The maximum Gasteiger partial charge on any atom is 0.0704 e. The van der Waals surface area contributed by atoms with Gasteiger partial charge in [0.2, 0.25) is 0 Å². The third-order valence-corrected chi connectivity index (χ3v) is 6.24. The maximum atomic E-state index is 3.83. The predicted octanol–water partition coefficient (Wildman–Crippen LogP) is 6.08. The van der Waals surface area contributed by atoms with Gasteiger partial charge in [0, 0.05) is 10.9 Å². The zero-order valence-electron chi connectivity index (χ0n) is 13.3. The molecule has 1 nitrogen and oxygen atoms in total. The Morgan fingerprint density at radius 2 is 2.00 bits per heavy atom. The molecule has 114 valence electrons. The van der Waals surface area contributed by atoms with Crippen LogP contribution in [0.3, 0.4) is 0 Å². The molecule has 1 unspecified atom stereocenters. The first-order chi connectivity index (χ1) is 9.48. The molecule has 1 aromatic rings. The van der Waals surface area contributed by atoms with Crippen LogP contribution in [0.25, 0.3) is 0 Å². The molecule has 2 rings (SSSR count). The van der Waals surface area contributed by atoms with Gasteiger partial charge in [-0.25, -0.2) is 0 Å². The molecule has 0 spiro atoms. The Bertz CT molecular complexity index is 432. The first kappa shape index (κ1) is 16.5. The summed E-state index contributed by atoms with van der Waals surface area (Å²) in [4.78, 5) is 1.47. The summed E-state index contributed by atoms with van der Waals surface area (Å²) in [5.74, 6) is 0.775. The van der Waals surface area contributed by atoms with E-state index in [1.807, 2.05) is 11.3 Å². The van der Waals surface area contributed by atoms with Crippen molar-refractivity contribution < 1.29 is 0 Å². The lowest BCUT2D eigenvalue weighted by Gasteiger charge is -2.40. The van der Waals surface area contributed by atoms with Crippen molar-refractivity contribution in [2.24, 2.45) is 11.3 Å². The first-order valence-corrected chi connectivity index (χ1v) is 9.58. The Kier molecular flexibility index (Phi) is 5.72. The van der Waals surface area contributed by atoms with E-state index in [0.717, 1.165) is 12.5 Å². The zero-order valence-corrected chi connectivity index (χ0v) is 15.7. The van der Waals surface area contributed by atoms with Crippen molar-refractivity contribution in [2.75, 3.05) is 6.54 Å². The molecule has 1 N–H and O–H groups in total. The summed E-state index contributed by atoms with van der Waals surface area (Å²) in [5.41, 5.74) is 2.00. The Labute approximate surface area is 136 Å². The molecular weight excluding hydrogens is 330 g/mol. The molecule has 1 aliphatic carbocycles. The Morgan fingerprint density at radius 1 is 1.35 bits per heavy atom. The number of hydrogen-bond donors (Lipinski definition) is 1. The number of hydrogen-bond acceptors (Lipinski definition) is 2. The van der Waals surface area contributed by atoms with Gasteiger partial charge in [-0.05, 0) is 71.6 Å². The minimum atomic E-state index is 0.468. The monoisotopic (exact) mass is 357 g/mol. The van der Waals surface area contributed by atoms with Crippen LogP contribution < -0.4 is 5.32 Å². The second-order valence-electron chi connectivity index (χ2n) is 6.72. The van der Waals surface area contributed by atoms with E-state index < -0.39 is 0 Å². The van der Waals surface area contributed by atoms with Gasteiger partial charge in [0.15, 0.2) is 0 Å². The maximum absolute atomic E-state index is 3.83. The Balaban J connectivity index is 2.36. The number of halogens is 1. The molecule has 1 heterocycles. The molecule has 0 radical (unpaired) electrons. The van der Waals surface area contributed by atoms with Crippen LogP contribution in [0.4, 0.5) is 0 Å². The highest BCUT2D eigenvalue weighted by Gasteiger charge is 2.42. The van der Waals surface area contributed by atoms with Crippen molar-refractivity contribution >= 4 is 27.3 Å². The summed E-state index contributed by atoms with van der Waals surface area (Å²) in [5, 5.41) is 3.83. The molecule has 1 saturated carbocycles. The first-order valence-electron chi connectivity index (χ1n) is 7.97. The van der Waals surface area contributed by atoms with Gasteiger partial charge in [0.05, 0.1) is 3.79 Å². The van der Waals surface area contributed by atoms with E-state index in [2.05, 4.69) is 55.0 Å². The van der Waals surface area contributed by atoms with Gasteiger partial charge in [0.1, 0.15) is 0 Å². The van der Waals surface area contributed by atoms with Crippen molar-refractivity contribution in [2.45, 2.75) is 65.8 Å². The van der Waals surface area contributed by atoms with Crippen molar-refractivity contribution in [3.05, 3.63) is 20.3 Å². The quantitative estimate of drug-likeness (QED) is 0.650. The van der Waals surface area contributed by atoms with E-state index in [1.54, 1.807) is 0 Å². The van der Waals surface area contributed by atoms with Gasteiger partial charge in [0.25, 0.3) is 0 Å². The smallest absolute Gasteiger partial charge is 0.0704 e. The highest BCUT2D eigenvalue weighted by atomic mass is 79.9. The molecule has 1 atom stereocenters. The summed E-state index contributed by atoms with van der Waals surface area (Å²) < 4.78 is 1.27. The normalized spacial score (nSPS) is 19.7. The topological polar surface area (TPSA) is 12.0 Å². The lowest BCUT2D eigenvalue weighted by Crippen LogP contribution is -2.37. The van der Waals surface area contributed by atoms with Gasteiger partial charge in [-0.1, -0.05) is 33.6 Å². The van der Waals surface area contributed by atoms with E-state index in [9.17, 15) is 0 Å². The number of aryl methyl sites for hydroxylation is 1. The molecule has 1 aliphatic rings. The molecule has 0 bridgehead atoms. The third kappa shape index (κ3) is 3.48. The minimum Gasteiger partial charge on any atom is -0.310 e. The van der Waals surface area contributed by atoms with E-state index in [4.69, 9.17) is 0 Å². The predicted molar refractivity (Wildman–Crippen MR) is 93.5 cm³/mol. The van der Waals surface area contributed by atoms with Crippen LogP contribution in [0.5, 0.6) is 0 Å². The standard InChI is InChI=1S/C17H28BrNS/c1-5-19-16(14-10-15(18)20-13(14)4)17(11-12(2)3)8-6-7-9-17/h10,12,16,19H,5-9,11H2,1-4H3. The summed E-state index contributed by atoms with van der Waals surface area (Å²) in [6.07, 6.45) is 6.92. The van der Waals surface area contributed by atoms with E-state index in [0.29, 0.717) is 11.5 Å². The Morgan fingerprint density at radius 3 is 2.45 bits per heavy atom. The van der Waals surface area contributed by atoms with Crippen molar-refractivity contribution in [3.63, 3.8) is 0 Å². The summed E-state index contributed by atoms with van der Waals surface area (Å²) >= 11 is 5.55. The highest BCUT2D eigenvalue weighted by Crippen LogP contribution is 2.53. The average Bonchev–Trinajstić information content (AvgIpc) is 2.93. The van der Waals surface area contributed by atoms with Crippen molar-refractivity contribution in [1.29, 1.82) is 0 Å². The average molecular weight is 358 g/mol. The lowest BCUT2D eigenvalue weighted by molar-refractivity contribution is 0.156. The molecule has 0 amide bonds. The summed E-state index contributed by atoms with van der Waals surface area (Å²) in [6, 6.07) is 2.88. The minimum absolute atomic E-state index is 0.468. The fraction of sp³-hybridized carbons (Fsp3) is 0.765.